The Morgan fingerprint density at radius 3 is 2.62 bits per heavy atom. The van der Waals surface area contributed by atoms with Crippen molar-refractivity contribution in [3.63, 3.8) is 0 Å². The minimum absolute atomic E-state index is 0.284. The smallest absolute Gasteiger partial charge is 0.163 e. The molecule has 0 fully saturated rings. The summed E-state index contributed by atoms with van der Waals surface area (Å²) in [6.45, 7) is 2.71. The van der Waals surface area contributed by atoms with Crippen LogP contribution in [0.5, 0.6) is 0 Å². The van der Waals surface area contributed by atoms with Gasteiger partial charge in [-0.1, -0.05) is 52.7 Å². The van der Waals surface area contributed by atoms with Crippen LogP contribution in [-0.4, -0.2) is 6.54 Å². The summed E-state index contributed by atoms with van der Waals surface area (Å²) in [5.41, 5.74) is 1.10. The molecule has 112 valence electrons. The van der Waals surface area contributed by atoms with E-state index >= 15 is 0 Å². The average molecular weight is 375 g/mol. The minimum atomic E-state index is -0.846. The largest absolute Gasteiger partial charge is 0.306 e. The van der Waals surface area contributed by atoms with E-state index < -0.39 is 17.7 Å². The van der Waals surface area contributed by atoms with Crippen molar-refractivity contribution in [2.45, 2.75) is 19.4 Å². The third kappa shape index (κ3) is 3.82. The lowest BCUT2D eigenvalue weighted by Gasteiger charge is -2.21. The van der Waals surface area contributed by atoms with Gasteiger partial charge in [-0.15, -0.1) is 0 Å². The first kappa shape index (κ1) is 16.4. The summed E-state index contributed by atoms with van der Waals surface area (Å²) in [6, 6.07) is 9.07. The van der Waals surface area contributed by atoms with Crippen LogP contribution in [0.25, 0.3) is 0 Å². The molecule has 0 spiro atoms. The third-order valence-corrected chi connectivity index (χ3v) is 4.09. The van der Waals surface area contributed by atoms with Gasteiger partial charge < -0.3 is 5.32 Å². The molecule has 1 atom stereocenters. The van der Waals surface area contributed by atoms with Crippen LogP contribution in [0.4, 0.5) is 8.78 Å². The van der Waals surface area contributed by atoms with Gasteiger partial charge in [-0.25, -0.2) is 8.78 Å². The predicted octanol–water partition coefficient (Wildman–Crippen LogP) is 5.47. The SMILES string of the molecule is CCCNC(c1ccc(Cl)cc1Br)c1cccc(F)c1F. The predicted molar refractivity (Wildman–Crippen MR) is 85.6 cm³/mol. The van der Waals surface area contributed by atoms with Gasteiger partial charge in [0.2, 0.25) is 0 Å². The van der Waals surface area contributed by atoms with Crippen molar-refractivity contribution < 1.29 is 8.78 Å². The molecule has 0 saturated carbocycles. The van der Waals surface area contributed by atoms with Crippen molar-refractivity contribution in [2.75, 3.05) is 6.54 Å². The van der Waals surface area contributed by atoms with Crippen molar-refractivity contribution in [1.29, 1.82) is 0 Å². The molecule has 2 aromatic rings. The second-order valence-corrected chi connectivity index (χ2v) is 5.99. The lowest BCUT2D eigenvalue weighted by Crippen LogP contribution is -2.24. The monoisotopic (exact) mass is 373 g/mol. The van der Waals surface area contributed by atoms with Crippen molar-refractivity contribution in [1.82, 2.24) is 5.32 Å². The Kier molecular flexibility index (Phi) is 5.73. The van der Waals surface area contributed by atoms with Gasteiger partial charge in [-0.2, -0.15) is 0 Å². The van der Waals surface area contributed by atoms with E-state index in [0.717, 1.165) is 22.5 Å². The molecule has 2 aromatic carbocycles. The molecule has 0 heterocycles. The molecule has 0 aliphatic heterocycles. The van der Waals surface area contributed by atoms with E-state index in [4.69, 9.17) is 11.6 Å². The Labute approximate surface area is 136 Å². The number of nitrogens with one attached hydrogen (secondary N) is 1. The lowest BCUT2D eigenvalue weighted by molar-refractivity contribution is 0.480. The van der Waals surface area contributed by atoms with Gasteiger partial charge in [0.1, 0.15) is 0 Å². The zero-order valence-corrected chi connectivity index (χ0v) is 13.8. The summed E-state index contributed by atoms with van der Waals surface area (Å²) in [7, 11) is 0. The van der Waals surface area contributed by atoms with Gasteiger partial charge in [0.25, 0.3) is 0 Å². The Morgan fingerprint density at radius 1 is 1.19 bits per heavy atom. The van der Waals surface area contributed by atoms with Gasteiger partial charge in [0, 0.05) is 15.1 Å². The maximum Gasteiger partial charge on any atom is 0.163 e. The van der Waals surface area contributed by atoms with E-state index in [9.17, 15) is 8.78 Å². The summed E-state index contributed by atoms with van der Waals surface area (Å²) < 4.78 is 28.4. The second-order valence-electron chi connectivity index (χ2n) is 4.70. The van der Waals surface area contributed by atoms with Gasteiger partial charge in [-0.3, -0.25) is 0 Å². The highest BCUT2D eigenvalue weighted by atomic mass is 79.9. The normalized spacial score (nSPS) is 12.4. The summed E-state index contributed by atoms with van der Waals surface area (Å²) >= 11 is 9.38. The van der Waals surface area contributed by atoms with Gasteiger partial charge in [-0.05, 0) is 36.7 Å². The maximum atomic E-state index is 14.1. The molecule has 1 N–H and O–H groups in total. The van der Waals surface area contributed by atoms with Crippen LogP contribution >= 0.6 is 27.5 Å². The van der Waals surface area contributed by atoms with E-state index in [2.05, 4.69) is 21.2 Å². The Morgan fingerprint density at radius 2 is 1.95 bits per heavy atom. The number of rotatable bonds is 5. The number of halogens is 4. The third-order valence-electron chi connectivity index (χ3n) is 3.16. The fraction of sp³-hybridized carbons (Fsp3) is 0.250. The number of hydrogen-bond donors (Lipinski definition) is 1. The first-order valence-electron chi connectivity index (χ1n) is 6.66. The molecule has 5 heteroatoms. The molecule has 0 amide bonds. The van der Waals surface area contributed by atoms with E-state index in [1.807, 2.05) is 13.0 Å². The van der Waals surface area contributed by atoms with Crippen molar-refractivity contribution >= 4 is 27.5 Å². The van der Waals surface area contributed by atoms with Crippen molar-refractivity contribution in [3.05, 3.63) is 68.7 Å². The molecule has 0 aliphatic carbocycles. The highest BCUT2D eigenvalue weighted by Gasteiger charge is 2.21. The van der Waals surface area contributed by atoms with Crippen LogP contribution in [0.15, 0.2) is 40.9 Å². The molecular weight excluding hydrogens is 360 g/mol. The first-order chi connectivity index (χ1) is 10.0. The van der Waals surface area contributed by atoms with E-state index in [1.165, 1.54) is 6.07 Å². The maximum absolute atomic E-state index is 14.1. The molecule has 0 aromatic heterocycles. The summed E-state index contributed by atoms with van der Waals surface area (Å²) in [4.78, 5) is 0. The molecule has 2 rings (SSSR count). The molecular formula is C16H15BrClF2N. The highest BCUT2D eigenvalue weighted by molar-refractivity contribution is 9.10. The summed E-state index contributed by atoms with van der Waals surface area (Å²) in [6.07, 6.45) is 0.888. The second kappa shape index (κ2) is 7.34. The summed E-state index contributed by atoms with van der Waals surface area (Å²) in [5.74, 6) is -1.67. The quantitative estimate of drug-likeness (QED) is 0.732. The zero-order valence-electron chi connectivity index (χ0n) is 11.5. The molecule has 21 heavy (non-hydrogen) atoms. The minimum Gasteiger partial charge on any atom is -0.306 e. The Hall–Kier alpha value is -0.970. The van der Waals surface area contributed by atoms with E-state index in [0.29, 0.717) is 11.6 Å². The van der Waals surface area contributed by atoms with Crippen LogP contribution in [0.1, 0.15) is 30.5 Å². The molecule has 0 bridgehead atoms. The van der Waals surface area contributed by atoms with E-state index in [-0.39, 0.29) is 5.56 Å². The topological polar surface area (TPSA) is 12.0 Å². The highest BCUT2D eigenvalue weighted by Crippen LogP contribution is 2.32. The number of hydrogen-bond acceptors (Lipinski definition) is 1. The molecule has 0 radical (unpaired) electrons. The van der Waals surface area contributed by atoms with Crippen LogP contribution in [0.2, 0.25) is 5.02 Å². The van der Waals surface area contributed by atoms with Crippen molar-refractivity contribution in [3.8, 4) is 0 Å². The fourth-order valence-electron chi connectivity index (χ4n) is 2.16. The van der Waals surface area contributed by atoms with Crippen LogP contribution < -0.4 is 5.32 Å². The van der Waals surface area contributed by atoms with E-state index in [1.54, 1.807) is 18.2 Å². The van der Waals surface area contributed by atoms with Gasteiger partial charge in [0.05, 0.1) is 6.04 Å². The zero-order chi connectivity index (χ0) is 15.4. The van der Waals surface area contributed by atoms with Gasteiger partial charge >= 0.3 is 0 Å². The first-order valence-corrected chi connectivity index (χ1v) is 7.84. The van der Waals surface area contributed by atoms with Crippen LogP contribution in [-0.2, 0) is 0 Å². The Balaban J connectivity index is 2.49. The lowest BCUT2D eigenvalue weighted by atomic mass is 9.98. The molecule has 1 unspecified atom stereocenters. The molecule has 0 saturated heterocycles. The fourth-order valence-corrected chi connectivity index (χ4v) is 3.07. The number of benzene rings is 2. The molecule has 0 aliphatic rings. The van der Waals surface area contributed by atoms with Crippen LogP contribution in [0.3, 0.4) is 0 Å². The average Bonchev–Trinajstić information content (AvgIpc) is 2.45. The molecule has 1 nitrogen and oxygen atoms in total. The standard InChI is InChI=1S/C16H15BrClF2N/c1-2-8-21-16(11-7-6-10(18)9-13(11)17)12-4-3-5-14(19)15(12)20/h3-7,9,16,21H,2,8H2,1H3. The van der Waals surface area contributed by atoms with Crippen molar-refractivity contribution in [2.24, 2.45) is 0 Å². The van der Waals surface area contributed by atoms with Gasteiger partial charge in [0.15, 0.2) is 11.6 Å². The van der Waals surface area contributed by atoms with Crippen LogP contribution in [0, 0.1) is 11.6 Å². The summed E-state index contributed by atoms with van der Waals surface area (Å²) in [5, 5.41) is 3.83. The Bertz CT molecular complexity index is 634.